The molecule has 2 aliphatic heterocycles. The van der Waals surface area contributed by atoms with Gasteiger partial charge in [0.05, 0.1) is 0 Å². The molecule has 4 N–H and O–H groups in total. The van der Waals surface area contributed by atoms with E-state index >= 15 is 0 Å². The molecule has 2 heterocycles. The Labute approximate surface area is 186 Å². The number of rotatable bonds is 6. The molecule has 30 heavy (non-hydrogen) atoms. The van der Waals surface area contributed by atoms with Crippen LogP contribution in [-0.2, 0) is 0 Å². The predicted molar refractivity (Wildman–Crippen MR) is 126 cm³/mol. The van der Waals surface area contributed by atoms with E-state index in [-0.39, 0.29) is 22.6 Å². The Hall–Kier alpha value is -2.00. The van der Waals surface area contributed by atoms with Crippen LogP contribution >= 0.6 is 23.5 Å². The first-order valence-electron chi connectivity index (χ1n) is 9.99. The van der Waals surface area contributed by atoms with E-state index in [0.29, 0.717) is 13.1 Å². The Morgan fingerprint density at radius 1 is 0.700 bits per heavy atom. The summed E-state index contributed by atoms with van der Waals surface area (Å²) in [6, 6.07) is 19.6. The molecule has 0 radical (unpaired) electrons. The number of benzene rings is 2. The van der Waals surface area contributed by atoms with Crippen LogP contribution in [0.5, 0.6) is 0 Å². The van der Waals surface area contributed by atoms with Crippen LogP contribution < -0.4 is 11.5 Å². The minimum Gasteiger partial charge on any atom is -0.331 e. The second kappa shape index (κ2) is 11.4. The Balaban J connectivity index is 0.000000171. The van der Waals surface area contributed by atoms with Gasteiger partial charge in [-0.1, -0.05) is 84.2 Å². The highest BCUT2D eigenvalue weighted by atomic mass is 32.2. The largest absolute Gasteiger partial charge is 0.331 e. The smallest absolute Gasteiger partial charge is 0.281 e. The van der Waals surface area contributed by atoms with E-state index in [1.807, 2.05) is 70.5 Å². The molecule has 2 atom stereocenters. The minimum atomic E-state index is -0.0751. The number of carbonyl (C=O) groups is 2. The lowest BCUT2D eigenvalue weighted by Gasteiger charge is -2.20. The van der Waals surface area contributed by atoms with Gasteiger partial charge in [-0.25, -0.2) is 0 Å². The molecule has 8 heteroatoms. The monoisotopic (exact) mass is 444 g/mol. The zero-order valence-corrected chi connectivity index (χ0v) is 18.5. The van der Waals surface area contributed by atoms with Gasteiger partial charge in [0.15, 0.2) is 0 Å². The van der Waals surface area contributed by atoms with Crippen molar-refractivity contribution < 1.29 is 9.59 Å². The topological polar surface area (TPSA) is 92.7 Å². The summed E-state index contributed by atoms with van der Waals surface area (Å²) >= 11 is 2.75. The molecule has 0 spiro atoms. The number of thioether (sulfide) groups is 2. The summed E-state index contributed by atoms with van der Waals surface area (Å²) in [6.07, 6.45) is 0. The van der Waals surface area contributed by atoms with Crippen molar-refractivity contribution in [1.29, 1.82) is 0 Å². The van der Waals surface area contributed by atoms with Crippen molar-refractivity contribution in [3.63, 3.8) is 0 Å². The average Bonchev–Trinajstić information content (AvgIpc) is 3.37. The third kappa shape index (κ3) is 6.50. The maximum absolute atomic E-state index is 11.4. The maximum atomic E-state index is 11.4. The summed E-state index contributed by atoms with van der Waals surface area (Å²) < 4.78 is 0. The Bertz CT molecular complexity index is 753. The molecule has 2 amide bonds. The molecule has 2 aromatic rings. The zero-order valence-electron chi connectivity index (χ0n) is 16.9. The molecule has 2 aromatic carbocycles. The summed E-state index contributed by atoms with van der Waals surface area (Å²) in [7, 11) is 0. The lowest BCUT2D eigenvalue weighted by molar-refractivity contribution is 0.226. The van der Waals surface area contributed by atoms with Crippen molar-refractivity contribution in [3.8, 4) is 0 Å². The van der Waals surface area contributed by atoms with E-state index in [0.717, 1.165) is 35.7 Å². The fourth-order valence-electron chi connectivity index (χ4n) is 3.27. The number of amides is 2. The molecule has 0 unspecified atom stereocenters. The molecule has 2 saturated heterocycles. The van der Waals surface area contributed by atoms with Crippen LogP contribution in [0.25, 0.3) is 0 Å². The molecule has 0 aliphatic carbocycles. The quantitative estimate of drug-likeness (QED) is 0.706. The highest BCUT2D eigenvalue weighted by molar-refractivity contribution is 8.14. The number of nitrogens with two attached hydrogens (primary N) is 2. The standard InChI is InChI=1S/2C11H14N2OS/c2*12-10(9-4-2-1-3-5-9)8-13-6-7-15-11(13)14/h2*1-5,10H,6-8,12H2/t2*10-/m10/s1. The molecule has 4 rings (SSSR count). The van der Waals surface area contributed by atoms with Crippen LogP contribution in [0.1, 0.15) is 23.2 Å². The first-order chi connectivity index (χ1) is 14.5. The molecule has 2 aliphatic rings. The molecular formula is C22H28N4O2S2. The van der Waals surface area contributed by atoms with Gasteiger partial charge >= 0.3 is 0 Å². The van der Waals surface area contributed by atoms with Gasteiger partial charge < -0.3 is 21.3 Å². The van der Waals surface area contributed by atoms with Crippen LogP contribution in [0.3, 0.4) is 0 Å². The zero-order chi connectivity index (χ0) is 21.3. The van der Waals surface area contributed by atoms with E-state index in [2.05, 4.69) is 0 Å². The molecule has 0 aromatic heterocycles. The van der Waals surface area contributed by atoms with Crippen molar-refractivity contribution in [2.45, 2.75) is 12.1 Å². The Morgan fingerprint density at radius 2 is 1.07 bits per heavy atom. The first-order valence-corrected chi connectivity index (χ1v) is 12.0. The number of carbonyl (C=O) groups excluding carboxylic acids is 2. The van der Waals surface area contributed by atoms with Gasteiger partial charge in [0, 0.05) is 49.8 Å². The van der Waals surface area contributed by atoms with Gasteiger partial charge in [0.2, 0.25) is 0 Å². The highest BCUT2D eigenvalue weighted by Crippen LogP contribution is 2.21. The van der Waals surface area contributed by atoms with Crippen molar-refractivity contribution >= 4 is 34.0 Å². The molecule has 0 bridgehead atoms. The van der Waals surface area contributed by atoms with Gasteiger partial charge in [-0.15, -0.1) is 0 Å². The maximum Gasteiger partial charge on any atom is 0.281 e. The molecular weight excluding hydrogens is 416 g/mol. The van der Waals surface area contributed by atoms with Gasteiger partial charge in [0.25, 0.3) is 10.5 Å². The number of nitrogens with zero attached hydrogens (tertiary/aromatic N) is 2. The minimum absolute atomic E-state index is 0.0751. The second-order valence-electron chi connectivity index (χ2n) is 7.16. The summed E-state index contributed by atoms with van der Waals surface area (Å²) in [5.41, 5.74) is 14.2. The van der Waals surface area contributed by atoms with Crippen molar-refractivity contribution in [2.24, 2.45) is 11.5 Å². The molecule has 2 fully saturated rings. The van der Waals surface area contributed by atoms with Crippen molar-refractivity contribution in [3.05, 3.63) is 71.8 Å². The van der Waals surface area contributed by atoms with E-state index in [4.69, 9.17) is 11.5 Å². The Morgan fingerprint density at radius 3 is 1.37 bits per heavy atom. The normalized spacial score (nSPS) is 18.2. The molecule has 6 nitrogen and oxygen atoms in total. The lowest BCUT2D eigenvalue weighted by Crippen LogP contribution is -2.32. The van der Waals surface area contributed by atoms with Crippen LogP contribution in [-0.4, -0.2) is 58.0 Å². The van der Waals surface area contributed by atoms with Gasteiger partial charge in [0.1, 0.15) is 0 Å². The summed E-state index contributed by atoms with van der Waals surface area (Å²) in [4.78, 5) is 26.4. The molecule has 160 valence electrons. The van der Waals surface area contributed by atoms with Crippen LogP contribution in [0.2, 0.25) is 0 Å². The van der Waals surface area contributed by atoms with Crippen molar-refractivity contribution in [1.82, 2.24) is 9.80 Å². The summed E-state index contributed by atoms with van der Waals surface area (Å²) in [5.74, 6) is 1.78. The second-order valence-corrected chi connectivity index (χ2v) is 9.25. The predicted octanol–water partition coefficient (Wildman–Crippen LogP) is 3.71. The lowest BCUT2D eigenvalue weighted by atomic mass is 10.1. The van der Waals surface area contributed by atoms with Crippen LogP contribution in [0, 0.1) is 0 Å². The van der Waals surface area contributed by atoms with Gasteiger partial charge in [-0.05, 0) is 11.1 Å². The first kappa shape index (κ1) is 22.7. The van der Waals surface area contributed by atoms with E-state index in [9.17, 15) is 9.59 Å². The average molecular weight is 445 g/mol. The third-order valence-electron chi connectivity index (χ3n) is 4.98. The third-order valence-corrected chi connectivity index (χ3v) is 6.76. The fraction of sp³-hybridized carbons (Fsp3) is 0.364. The van der Waals surface area contributed by atoms with E-state index in [1.165, 1.54) is 23.5 Å². The van der Waals surface area contributed by atoms with Crippen LogP contribution in [0.15, 0.2) is 60.7 Å². The Kier molecular flexibility index (Phi) is 8.62. The van der Waals surface area contributed by atoms with Gasteiger partial charge in [-0.2, -0.15) is 0 Å². The number of hydrogen-bond donors (Lipinski definition) is 2. The summed E-state index contributed by atoms with van der Waals surface area (Å²) in [5, 5.41) is 0.308. The number of hydrogen-bond acceptors (Lipinski definition) is 6. The molecule has 0 saturated carbocycles. The summed E-state index contributed by atoms with van der Waals surface area (Å²) in [6.45, 7) is 2.89. The highest BCUT2D eigenvalue weighted by Gasteiger charge is 2.24. The fourth-order valence-corrected chi connectivity index (χ4v) is 4.94. The van der Waals surface area contributed by atoms with E-state index < -0.39 is 0 Å². The van der Waals surface area contributed by atoms with E-state index in [1.54, 1.807) is 0 Å². The SMILES string of the molecule is N[C@@H](CN1CCSC1=O)c1ccccc1.N[C@H](CN1CCSC1=O)c1ccccc1. The van der Waals surface area contributed by atoms with Crippen molar-refractivity contribution in [2.75, 3.05) is 37.7 Å². The van der Waals surface area contributed by atoms with Crippen LogP contribution in [0.4, 0.5) is 9.59 Å². The van der Waals surface area contributed by atoms with Gasteiger partial charge in [-0.3, -0.25) is 9.59 Å².